The Morgan fingerprint density at radius 3 is 1.11 bits per heavy atom. The van der Waals surface area contributed by atoms with Crippen molar-refractivity contribution in [3.8, 4) is 0 Å². The molecule has 0 spiro atoms. The molecule has 0 radical (unpaired) electrons. The summed E-state index contributed by atoms with van der Waals surface area (Å²) in [7, 11) is 8.70. The van der Waals surface area contributed by atoms with Gasteiger partial charge in [0.1, 0.15) is 0 Å². The van der Waals surface area contributed by atoms with Crippen LogP contribution in [0.15, 0.2) is 0 Å². The highest BCUT2D eigenvalue weighted by molar-refractivity contribution is 5.69. The van der Waals surface area contributed by atoms with E-state index in [0.29, 0.717) is 26.1 Å². The Hall–Kier alpha value is -1.14. The molecular weight excluding hydrogens is 464 g/mol. The molecule has 0 aromatic carbocycles. The first kappa shape index (κ1) is 35.9. The quantitative estimate of drug-likeness (QED) is 0.174. The first-order chi connectivity index (χ1) is 16.3. The van der Waals surface area contributed by atoms with Gasteiger partial charge in [0.25, 0.3) is 0 Å². The SMILES string of the molecule is CC(C)(C)CC(C)(C)COC(=O)CC[N+](C)(C)CCC[N+](C)(C)CCC(=O)OCC(C)(C)CC(C)(C)C. The van der Waals surface area contributed by atoms with Gasteiger partial charge in [0.2, 0.25) is 0 Å². The molecule has 0 unspecified atom stereocenters. The highest BCUT2D eigenvalue weighted by atomic mass is 16.5. The summed E-state index contributed by atoms with van der Waals surface area (Å²) in [4.78, 5) is 24.8. The summed E-state index contributed by atoms with van der Waals surface area (Å²) < 4.78 is 12.8. The van der Waals surface area contributed by atoms with Crippen LogP contribution in [0.1, 0.15) is 101 Å². The molecule has 0 atom stereocenters. The monoisotopic (exact) mass is 528 g/mol. The minimum absolute atomic E-state index is 0.0170. The van der Waals surface area contributed by atoms with Crippen LogP contribution in [0, 0.1) is 21.7 Å². The van der Waals surface area contributed by atoms with Crippen LogP contribution in [0.3, 0.4) is 0 Å². The molecule has 37 heavy (non-hydrogen) atoms. The molecule has 0 fully saturated rings. The van der Waals surface area contributed by atoms with Crippen molar-refractivity contribution >= 4 is 11.9 Å². The van der Waals surface area contributed by atoms with Crippen LogP contribution in [-0.4, -0.2) is 88.5 Å². The maximum Gasteiger partial charge on any atom is 0.311 e. The molecule has 0 rings (SSSR count). The van der Waals surface area contributed by atoms with Crippen molar-refractivity contribution in [2.45, 2.75) is 101 Å². The van der Waals surface area contributed by atoms with Gasteiger partial charge in [-0.1, -0.05) is 69.2 Å². The topological polar surface area (TPSA) is 52.6 Å². The molecule has 0 heterocycles. The third-order valence-electron chi connectivity index (χ3n) is 6.63. The van der Waals surface area contributed by atoms with Crippen LogP contribution in [0.25, 0.3) is 0 Å². The highest BCUT2D eigenvalue weighted by Gasteiger charge is 2.29. The van der Waals surface area contributed by atoms with Crippen molar-refractivity contribution in [1.82, 2.24) is 0 Å². The molecule has 0 aromatic rings. The molecule has 0 N–H and O–H groups in total. The van der Waals surface area contributed by atoms with Gasteiger partial charge in [-0.15, -0.1) is 0 Å². The second-order valence-corrected chi connectivity index (χ2v) is 16.7. The Kier molecular flexibility index (Phi) is 13.4. The lowest BCUT2D eigenvalue weighted by Gasteiger charge is -2.34. The van der Waals surface area contributed by atoms with Crippen LogP contribution in [0.4, 0.5) is 0 Å². The molecule has 0 amide bonds. The van der Waals surface area contributed by atoms with Crippen molar-refractivity contribution in [2.24, 2.45) is 21.7 Å². The van der Waals surface area contributed by atoms with Crippen molar-refractivity contribution in [1.29, 1.82) is 0 Å². The Balaban J connectivity index is 4.36. The van der Waals surface area contributed by atoms with Crippen molar-refractivity contribution < 1.29 is 28.0 Å². The van der Waals surface area contributed by atoms with E-state index in [0.717, 1.165) is 54.4 Å². The largest absolute Gasteiger partial charge is 0.465 e. The Morgan fingerprint density at radius 1 is 0.541 bits per heavy atom. The van der Waals surface area contributed by atoms with E-state index in [1.54, 1.807) is 0 Å². The van der Waals surface area contributed by atoms with E-state index in [9.17, 15) is 9.59 Å². The van der Waals surface area contributed by atoms with Crippen LogP contribution >= 0.6 is 0 Å². The molecule has 6 nitrogen and oxygen atoms in total. The molecule has 0 saturated carbocycles. The number of ether oxygens (including phenoxy) is 2. The first-order valence-electron chi connectivity index (χ1n) is 14.3. The summed E-state index contributed by atoms with van der Waals surface area (Å²) in [6.45, 7) is 26.4. The number of hydrogen-bond acceptors (Lipinski definition) is 4. The molecule has 0 aliphatic carbocycles. The number of nitrogens with zero attached hydrogens (tertiary/aromatic N) is 2. The molecule has 220 valence electrons. The number of rotatable bonds is 16. The van der Waals surface area contributed by atoms with E-state index in [-0.39, 0.29) is 33.6 Å². The van der Waals surface area contributed by atoms with E-state index in [1.807, 2.05) is 0 Å². The van der Waals surface area contributed by atoms with Gasteiger partial charge in [0.05, 0.1) is 80.4 Å². The molecule has 0 aromatic heterocycles. The van der Waals surface area contributed by atoms with E-state index >= 15 is 0 Å². The smallest absolute Gasteiger partial charge is 0.311 e. The van der Waals surface area contributed by atoms with Crippen molar-refractivity contribution in [3.05, 3.63) is 0 Å². The maximum atomic E-state index is 12.4. The highest BCUT2D eigenvalue weighted by Crippen LogP contribution is 2.34. The molecule has 0 bridgehead atoms. The molecule has 0 aliphatic heterocycles. The van der Waals surface area contributed by atoms with Gasteiger partial charge < -0.3 is 18.4 Å². The first-order valence-corrected chi connectivity index (χ1v) is 14.3. The van der Waals surface area contributed by atoms with E-state index < -0.39 is 0 Å². The van der Waals surface area contributed by atoms with E-state index in [1.165, 1.54) is 0 Å². The summed E-state index contributed by atoms with van der Waals surface area (Å²) >= 11 is 0. The standard InChI is InChI=1S/C31H64N2O4/c1-28(2,3)22-30(7,8)24-36-26(34)16-20-32(11,12)18-15-19-33(13,14)21-17-27(35)37-25-31(9,10)23-29(4,5)6/h15-25H2,1-14H3/q+2. The Bertz CT molecular complexity index is 650. The van der Waals surface area contributed by atoms with Gasteiger partial charge in [-0.3, -0.25) is 9.59 Å². The second kappa shape index (κ2) is 13.8. The molecule has 6 heteroatoms. The van der Waals surface area contributed by atoms with Gasteiger partial charge in [0, 0.05) is 6.42 Å². The van der Waals surface area contributed by atoms with Crippen LogP contribution in [0.2, 0.25) is 0 Å². The average molecular weight is 529 g/mol. The summed E-state index contributed by atoms with van der Waals surface area (Å²) in [5.74, 6) is -0.207. The van der Waals surface area contributed by atoms with Crippen molar-refractivity contribution in [2.75, 3.05) is 67.6 Å². The van der Waals surface area contributed by atoms with Crippen LogP contribution in [-0.2, 0) is 19.1 Å². The minimum atomic E-state index is -0.103. The zero-order chi connectivity index (χ0) is 29.3. The third-order valence-corrected chi connectivity index (χ3v) is 6.63. The van der Waals surface area contributed by atoms with E-state index in [4.69, 9.17) is 9.47 Å². The second-order valence-electron chi connectivity index (χ2n) is 16.7. The summed E-state index contributed by atoms with van der Waals surface area (Å²) in [5.41, 5.74) is 0.391. The number of esters is 2. The molecule has 0 saturated heterocycles. The number of hydrogen-bond donors (Lipinski definition) is 0. The number of carbonyl (C=O) groups is 2. The number of carbonyl (C=O) groups excluding carboxylic acids is 2. The average Bonchev–Trinajstić information content (AvgIpc) is 2.64. The van der Waals surface area contributed by atoms with Crippen molar-refractivity contribution in [3.63, 3.8) is 0 Å². The maximum absolute atomic E-state index is 12.4. The lowest BCUT2D eigenvalue weighted by atomic mass is 9.77. The lowest BCUT2D eigenvalue weighted by molar-refractivity contribution is -0.908. The fourth-order valence-electron chi connectivity index (χ4n) is 5.61. The van der Waals surface area contributed by atoms with Gasteiger partial charge >= 0.3 is 11.9 Å². The summed E-state index contributed by atoms with van der Waals surface area (Å²) in [6, 6.07) is 0. The minimum Gasteiger partial charge on any atom is -0.465 e. The lowest BCUT2D eigenvalue weighted by Crippen LogP contribution is -2.47. The fraction of sp³-hybridized carbons (Fsp3) is 0.935. The van der Waals surface area contributed by atoms with Gasteiger partial charge in [-0.05, 0) is 34.5 Å². The molecule has 0 aliphatic rings. The van der Waals surface area contributed by atoms with Gasteiger partial charge in [0.15, 0.2) is 0 Å². The predicted octanol–water partition coefficient (Wildman–Crippen LogP) is 6.32. The van der Waals surface area contributed by atoms with E-state index in [2.05, 4.69) is 97.4 Å². The van der Waals surface area contributed by atoms with Gasteiger partial charge in [-0.2, -0.15) is 0 Å². The summed E-state index contributed by atoms with van der Waals surface area (Å²) in [6.07, 6.45) is 3.93. The van der Waals surface area contributed by atoms with Crippen LogP contribution < -0.4 is 0 Å². The zero-order valence-electron chi connectivity index (χ0n) is 27.3. The normalized spacial score (nSPS) is 14.0. The number of quaternary nitrogens is 2. The Morgan fingerprint density at radius 2 is 0.838 bits per heavy atom. The Labute approximate surface area is 230 Å². The molecular formula is C31H64N2O4+2. The fourth-order valence-corrected chi connectivity index (χ4v) is 5.61. The van der Waals surface area contributed by atoms with Crippen LogP contribution in [0.5, 0.6) is 0 Å². The summed E-state index contributed by atoms with van der Waals surface area (Å²) in [5, 5.41) is 0. The third kappa shape index (κ3) is 20.5. The van der Waals surface area contributed by atoms with Gasteiger partial charge in [-0.25, -0.2) is 0 Å². The zero-order valence-corrected chi connectivity index (χ0v) is 27.3. The predicted molar refractivity (Wildman–Crippen MR) is 155 cm³/mol.